The van der Waals surface area contributed by atoms with Crippen LogP contribution in [0.5, 0.6) is 0 Å². The summed E-state index contributed by atoms with van der Waals surface area (Å²) in [5, 5.41) is 3.49. The number of hydrogen-bond donors (Lipinski definition) is 1. The maximum atomic E-state index is 5.97. The van der Waals surface area contributed by atoms with E-state index in [2.05, 4.69) is 19.2 Å². The molecule has 0 aromatic rings. The second-order valence-electron chi connectivity index (χ2n) is 5.73. The van der Waals surface area contributed by atoms with Crippen LogP contribution in [0.4, 0.5) is 0 Å². The molecule has 0 amide bonds. The van der Waals surface area contributed by atoms with Crippen molar-refractivity contribution in [2.45, 2.75) is 57.6 Å². The van der Waals surface area contributed by atoms with E-state index in [4.69, 9.17) is 9.47 Å². The summed E-state index contributed by atoms with van der Waals surface area (Å²) in [7, 11) is 0. The fourth-order valence-electron chi connectivity index (χ4n) is 3.18. The average molecular weight is 241 g/mol. The van der Waals surface area contributed by atoms with Crippen LogP contribution in [0.3, 0.4) is 0 Å². The maximum absolute atomic E-state index is 5.97. The molecule has 100 valence electrons. The Bertz CT molecular complexity index is 226. The smallest absolute Gasteiger partial charge is 0.0939 e. The second kappa shape index (κ2) is 6.17. The minimum absolute atomic E-state index is 0.0876. The van der Waals surface area contributed by atoms with Gasteiger partial charge in [0.25, 0.3) is 0 Å². The summed E-state index contributed by atoms with van der Waals surface area (Å²) in [5.74, 6) is 0.839. The summed E-state index contributed by atoms with van der Waals surface area (Å²) in [6.45, 7) is 8.19. The lowest BCUT2D eigenvalue weighted by Gasteiger charge is -2.37. The van der Waals surface area contributed by atoms with E-state index in [1.54, 1.807) is 0 Å². The van der Waals surface area contributed by atoms with Gasteiger partial charge in [-0.15, -0.1) is 0 Å². The molecule has 2 aliphatic rings. The summed E-state index contributed by atoms with van der Waals surface area (Å²) < 4.78 is 11.5. The lowest BCUT2D eigenvalue weighted by molar-refractivity contribution is -0.0991. The van der Waals surface area contributed by atoms with Crippen LogP contribution in [0.2, 0.25) is 0 Å². The molecule has 2 heterocycles. The molecule has 3 unspecified atom stereocenters. The van der Waals surface area contributed by atoms with Crippen molar-refractivity contribution in [2.24, 2.45) is 5.92 Å². The highest BCUT2D eigenvalue weighted by Gasteiger charge is 2.40. The first-order valence-corrected chi connectivity index (χ1v) is 7.19. The lowest BCUT2D eigenvalue weighted by Crippen LogP contribution is -2.40. The molecule has 0 bridgehead atoms. The molecule has 0 aliphatic carbocycles. The second-order valence-corrected chi connectivity index (χ2v) is 5.73. The van der Waals surface area contributed by atoms with Crippen molar-refractivity contribution in [1.29, 1.82) is 0 Å². The van der Waals surface area contributed by atoms with Crippen molar-refractivity contribution in [2.75, 3.05) is 26.4 Å². The van der Waals surface area contributed by atoms with Gasteiger partial charge in [0.05, 0.1) is 12.2 Å². The van der Waals surface area contributed by atoms with E-state index in [0.29, 0.717) is 6.04 Å². The first-order chi connectivity index (χ1) is 8.24. The quantitative estimate of drug-likeness (QED) is 0.801. The first kappa shape index (κ1) is 13.3. The van der Waals surface area contributed by atoms with Gasteiger partial charge in [0.15, 0.2) is 0 Å². The Morgan fingerprint density at radius 1 is 1.41 bits per heavy atom. The molecule has 3 atom stereocenters. The van der Waals surface area contributed by atoms with Crippen LogP contribution in [0, 0.1) is 5.92 Å². The Balaban J connectivity index is 1.74. The SMILES string of the molecule is CCNC(C)CCC1CCOC2(CCOC2)C1. The summed E-state index contributed by atoms with van der Waals surface area (Å²) in [4.78, 5) is 0. The van der Waals surface area contributed by atoms with E-state index in [1.807, 2.05) is 0 Å². The fraction of sp³-hybridized carbons (Fsp3) is 1.00. The van der Waals surface area contributed by atoms with Gasteiger partial charge in [0, 0.05) is 25.7 Å². The molecule has 3 nitrogen and oxygen atoms in total. The van der Waals surface area contributed by atoms with Crippen molar-refractivity contribution in [3.8, 4) is 0 Å². The van der Waals surface area contributed by atoms with Crippen LogP contribution in [0.15, 0.2) is 0 Å². The minimum Gasteiger partial charge on any atom is -0.378 e. The van der Waals surface area contributed by atoms with Gasteiger partial charge in [-0.1, -0.05) is 6.92 Å². The molecule has 1 N–H and O–H groups in total. The predicted molar refractivity (Wildman–Crippen MR) is 69.2 cm³/mol. The molecule has 0 radical (unpaired) electrons. The molecular weight excluding hydrogens is 214 g/mol. The van der Waals surface area contributed by atoms with Crippen molar-refractivity contribution in [3.05, 3.63) is 0 Å². The summed E-state index contributed by atoms with van der Waals surface area (Å²) in [6, 6.07) is 0.652. The number of rotatable bonds is 5. The van der Waals surface area contributed by atoms with E-state index in [0.717, 1.165) is 38.7 Å². The third-order valence-electron chi connectivity index (χ3n) is 4.22. The average Bonchev–Trinajstić information content (AvgIpc) is 2.75. The van der Waals surface area contributed by atoms with Crippen LogP contribution in [0.1, 0.15) is 46.0 Å². The standard InChI is InChI=1S/C14H27NO2/c1-3-15-12(2)4-5-13-6-8-17-14(10-13)7-9-16-11-14/h12-13,15H,3-11H2,1-2H3. The Labute approximate surface area is 105 Å². The van der Waals surface area contributed by atoms with Gasteiger partial charge in [-0.05, 0) is 45.1 Å². The molecule has 0 aromatic carbocycles. The third kappa shape index (κ3) is 3.67. The van der Waals surface area contributed by atoms with Crippen LogP contribution in [-0.4, -0.2) is 38.0 Å². The highest BCUT2D eigenvalue weighted by Crippen LogP contribution is 2.37. The molecule has 0 saturated carbocycles. The Kier molecular flexibility index (Phi) is 4.83. The molecule has 3 heteroatoms. The van der Waals surface area contributed by atoms with Crippen LogP contribution < -0.4 is 5.32 Å². The maximum Gasteiger partial charge on any atom is 0.0939 e. The zero-order valence-electron chi connectivity index (χ0n) is 11.3. The lowest BCUT2D eigenvalue weighted by atomic mass is 9.82. The fourth-order valence-corrected chi connectivity index (χ4v) is 3.18. The van der Waals surface area contributed by atoms with Crippen LogP contribution in [-0.2, 0) is 9.47 Å². The number of ether oxygens (including phenoxy) is 2. The van der Waals surface area contributed by atoms with Gasteiger partial charge in [-0.3, -0.25) is 0 Å². The van der Waals surface area contributed by atoms with Gasteiger partial charge < -0.3 is 14.8 Å². The van der Waals surface area contributed by atoms with Crippen LogP contribution >= 0.6 is 0 Å². The Morgan fingerprint density at radius 2 is 2.29 bits per heavy atom. The van der Waals surface area contributed by atoms with Crippen molar-refractivity contribution < 1.29 is 9.47 Å². The molecule has 2 aliphatic heterocycles. The topological polar surface area (TPSA) is 30.5 Å². The molecule has 2 rings (SSSR count). The normalized spacial score (nSPS) is 35.3. The minimum atomic E-state index is 0.0876. The highest BCUT2D eigenvalue weighted by molar-refractivity contribution is 4.90. The summed E-state index contributed by atoms with van der Waals surface area (Å²) >= 11 is 0. The van der Waals surface area contributed by atoms with Gasteiger partial charge in [-0.25, -0.2) is 0 Å². The van der Waals surface area contributed by atoms with Gasteiger partial charge in [0.2, 0.25) is 0 Å². The third-order valence-corrected chi connectivity index (χ3v) is 4.22. The molecule has 1 spiro atoms. The predicted octanol–water partition coefficient (Wildman–Crippen LogP) is 2.35. The molecule has 2 saturated heterocycles. The van der Waals surface area contributed by atoms with E-state index in [9.17, 15) is 0 Å². The Morgan fingerprint density at radius 3 is 3.00 bits per heavy atom. The number of nitrogens with one attached hydrogen (secondary N) is 1. The Hall–Kier alpha value is -0.120. The van der Waals surface area contributed by atoms with Crippen molar-refractivity contribution in [3.63, 3.8) is 0 Å². The largest absolute Gasteiger partial charge is 0.378 e. The molecular formula is C14H27NO2. The molecule has 0 aromatic heterocycles. The zero-order chi connectivity index (χ0) is 12.1. The zero-order valence-corrected chi connectivity index (χ0v) is 11.3. The van der Waals surface area contributed by atoms with Crippen molar-refractivity contribution >= 4 is 0 Å². The van der Waals surface area contributed by atoms with E-state index in [-0.39, 0.29) is 5.60 Å². The summed E-state index contributed by atoms with van der Waals surface area (Å²) in [6.07, 6.45) is 6.17. The van der Waals surface area contributed by atoms with Crippen LogP contribution in [0.25, 0.3) is 0 Å². The molecule has 17 heavy (non-hydrogen) atoms. The van der Waals surface area contributed by atoms with Crippen molar-refractivity contribution in [1.82, 2.24) is 5.32 Å². The first-order valence-electron chi connectivity index (χ1n) is 7.19. The monoisotopic (exact) mass is 241 g/mol. The van der Waals surface area contributed by atoms with E-state index in [1.165, 1.54) is 25.7 Å². The van der Waals surface area contributed by atoms with Gasteiger partial charge >= 0.3 is 0 Å². The summed E-state index contributed by atoms with van der Waals surface area (Å²) in [5.41, 5.74) is 0.0876. The molecule has 2 fully saturated rings. The van der Waals surface area contributed by atoms with E-state index < -0.39 is 0 Å². The highest BCUT2D eigenvalue weighted by atomic mass is 16.6. The number of hydrogen-bond acceptors (Lipinski definition) is 3. The van der Waals surface area contributed by atoms with Gasteiger partial charge in [-0.2, -0.15) is 0 Å². The van der Waals surface area contributed by atoms with Gasteiger partial charge in [0.1, 0.15) is 0 Å². The van der Waals surface area contributed by atoms with E-state index >= 15 is 0 Å².